The summed E-state index contributed by atoms with van der Waals surface area (Å²) in [6.45, 7) is 7.35. The summed E-state index contributed by atoms with van der Waals surface area (Å²) in [5.41, 5.74) is 2.30. The quantitative estimate of drug-likeness (QED) is 0.663. The molecule has 74 valence electrons. The summed E-state index contributed by atoms with van der Waals surface area (Å²) in [6, 6.07) is 8.11. The summed E-state index contributed by atoms with van der Waals surface area (Å²) in [6.07, 6.45) is 2.52. The molecule has 1 aromatic carbocycles. The average molecular weight is 188 g/mol. The van der Waals surface area contributed by atoms with E-state index in [2.05, 4.69) is 6.58 Å². The van der Waals surface area contributed by atoms with Crippen LogP contribution in [0.15, 0.2) is 36.9 Å². The molecular weight excluding hydrogens is 172 g/mol. The van der Waals surface area contributed by atoms with Gasteiger partial charge in [-0.15, -0.1) is 6.58 Å². The van der Waals surface area contributed by atoms with Gasteiger partial charge in [0, 0.05) is 5.92 Å². The first-order valence-electron chi connectivity index (χ1n) is 4.83. The van der Waals surface area contributed by atoms with Gasteiger partial charge in [0.05, 0.1) is 0 Å². The van der Waals surface area contributed by atoms with E-state index in [9.17, 15) is 4.79 Å². The van der Waals surface area contributed by atoms with Gasteiger partial charge in [-0.2, -0.15) is 0 Å². The van der Waals surface area contributed by atoms with E-state index in [-0.39, 0.29) is 11.7 Å². The van der Waals surface area contributed by atoms with E-state index in [4.69, 9.17) is 0 Å². The largest absolute Gasteiger partial charge is 0.299 e. The predicted octanol–water partition coefficient (Wildman–Crippen LogP) is 3.24. The van der Waals surface area contributed by atoms with Crippen molar-refractivity contribution >= 4 is 5.78 Å². The molecule has 1 rings (SSSR count). The van der Waals surface area contributed by atoms with Gasteiger partial charge in [0.15, 0.2) is 0 Å². The molecule has 0 spiro atoms. The molecular formula is C13H16O. The fraction of sp³-hybridized carbons (Fsp3) is 0.308. The number of aryl methyl sites for hydroxylation is 1. The number of Topliss-reactive ketones (excluding diaryl/α,β-unsaturated/α-hetero) is 1. The van der Waals surface area contributed by atoms with E-state index < -0.39 is 0 Å². The molecule has 0 N–H and O–H groups in total. The monoisotopic (exact) mass is 188 g/mol. The van der Waals surface area contributed by atoms with Crippen molar-refractivity contribution in [1.82, 2.24) is 0 Å². The number of hydrogen-bond donors (Lipinski definition) is 0. The Morgan fingerprint density at radius 1 is 1.43 bits per heavy atom. The van der Waals surface area contributed by atoms with E-state index in [1.807, 2.05) is 31.2 Å². The van der Waals surface area contributed by atoms with Crippen molar-refractivity contribution in [3.63, 3.8) is 0 Å². The van der Waals surface area contributed by atoms with Gasteiger partial charge in [0.1, 0.15) is 5.78 Å². The number of rotatable bonds is 4. The van der Waals surface area contributed by atoms with Crippen LogP contribution in [0.25, 0.3) is 0 Å². The van der Waals surface area contributed by atoms with Crippen LogP contribution in [-0.2, 0) is 4.79 Å². The van der Waals surface area contributed by atoms with Gasteiger partial charge in [0.25, 0.3) is 0 Å². The third kappa shape index (κ3) is 2.56. The van der Waals surface area contributed by atoms with Gasteiger partial charge >= 0.3 is 0 Å². The Bertz CT molecular complexity index is 322. The van der Waals surface area contributed by atoms with Crippen LogP contribution in [0.5, 0.6) is 0 Å². The molecule has 0 aliphatic heterocycles. The van der Waals surface area contributed by atoms with E-state index in [1.165, 1.54) is 5.56 Å². The zero-order chi connectivity index (χ0) is 10.6. The zero-order valence-electron chi connectivity index (χ0n) is 8.79. The molecule has 0 saturated heterocycles. The molecule has 0 bridgehead atoms. The minimum atomic E-state index is -0.0203. The summed E-state index contributed by atoms with van der Waals surface area (Å²) < 4.78 is 0. The maximum absolute atomic E-state index is 11.4. The average Bonchev–Trinajstić information content (AvgIpc) is 2.15. The molecule has 1 atom stereocenters. The highest BCUT2D eigenvalue weighted by molar-refractivity contribution is 5.83. The lowest BCUT2D eigenvalue weighted by Crippen LogP contribution is -2.07. The molecule has 1 heteroatoms. The summed E-state index contributed by atoms with van der Waals surface area (Å²) in [7, 11) is 0. The first kappa shape index (κ1) is 10.7. The smallest absolute Gasteiger partial charge is 0.137 e. The number of carbonyl (C=O) groups excluding carboxylic acids is 1. The molecule has 0 heterocycles. The molecule has 0 saturated carbocycles. The SMILES string of the molecule is C=CCC(C(C)=O)c1ccc(C)cc1. The Labute approximate surface area is 85.5 Å². The van der Waals surface area contributed by atoms with Crippen LogP contribution in [0.4, 0.5) is 0 Å². The van der Waals surface area contributed by atoms with E-state index in [1.54, 1.807) is 13.0 Å². The van der Waals surface area contributed by atoms with Crippen molar-refractivity contribution < 1.29 is 4.79 Å². The van der Waals surface area contributed by atoms with Crippen molar-refractivity contribution in [3.8, 4) is 0 Å². The highest BCUT2D eigenvalue weighted by atomic mass is 16.1. The molecule has 0 aromatic heterocycles. The Kier molecular flexibility index (Phi) is 3.63. The van der Waals surface area contributed by atoms with Crippen molar-refractivity contribution in [2.45, 2.75) is 26.2 Å². The van der Waals surface area contributed by atoms with Crippen LogP contribution in [0.1, 0.15) is 30.4 Å². The van der Waals surface area contributed by atoms with Crippen LogP contribution in [0.3, 0.4) is 0 Å². The third-order valence-corrected chi connectivity index (χ3v) is 2.37. The Balaban J connectivity index is 2.93. The van der Waals surface area contributed by atoms with E-state index in [0.29, 0.717) is 0 Å². The fourth-order valence-electron chi connectivity index (χ4n) is 1.50. The summed E-state index contributed by atoms with van der Waals surface area (Å²) in [4.78, 5) is 11.4. The predicted molar refractivity (Wildman–Crippen MR) is 59.4 cm³/mol. The fourth-order valence-corrected chi connectivity index (χ4v) is 1.50. The molecule has 0 fully saturated rings. The van der Waals surface area contributed by atoms with Crippen molar-refractivity contribution in [3.05, 3.63) is 48.0 Å². The summed E-state index contributed by atoms with van der Waals surface area (Å²) in [5.74, 6) is 0.182. The van der Waals surface area contributed by atoms with Crippen LogP contribution in [-0.4, -0.2) is 5.78 Å². The Hall–Kier alpha value is -1.37. The topological polar surface area (TPSA) is 17.1 Å². The highest BCUT2D eigenvalue weighted by Crippen LogP contribution is 2.21. The maximum Gasteiger partial charge on any atom is 0.137 e. The summed E-state index contributed by atoms with van der Waals surface area (Å²) in [5, 5.41) is 0. The standard InChI is InChI=1S/C13H16O/c1-4-5-13(11(3)14)12-8-6-10(2)7-9-12/h4,6-9,13H,1,5H2,2-3H3. The Morgan fingerprint density at radius 3 is 2.43 bits per heavy atom. The minimum Gasteiger partial charge on any atom is -0.299 e. The number of hydrogen-bond acceptors (Lipinski definition) is 1. The second-order valence-corrected chi connectivity index (χ2v) is 3.60. The first-order valence-corrected chi connectivity index (χ1v) is 4.83. The zero-order valence-corrected chi connectivity index (χ0v) is 8.79. The summed E-state index contributed by atoms with van der Waals surface area (Å²) >= 11 is 0. The first-order chi connectivity index (χ1) is 6.65. The molecule has 1 aromatic rings. The number of ketones is 1. The maximum atomic E-state index is 11.4. The minimum absolute atomic E-state index is 0.0203. The Morgan fingerprint density at radius 2 is 2.00 bits per heavy atom. The molecule has 0 aliphatic carbocycles. The second-order valence-electron chi connectivity index (χ2n) is 3.60. The highest BCUT2D eigenvalue weighted by Gasteiger charge is 2.14. The molecule has 0 amide bonds. The van der Waals surface area contributed by atoms with Crippen LogP contribution in [0.2, 0.25) is 0 Å². The van der Waals surface area contributed by atoms with Crippen molar-refractivity contribution in [1.29, 1.82) is 0 Å². The van der Waals surface area contributed by atoms with Crippen LogP contribution >= 0.6 is 0 Å². The lowest BCUT2D eigenvalue weighted by atomic mass is 9.92. The lowest BCUT2D eigenvalue weighted by Gasteiger charge is -2.11. The van der Waals surface area contributed by atoms with Gasteiger partial charge in [-0.1, -0.05) is 35.9 Å². The lowest BCUT2D eigenvalue weighted by molar-refractivity contribution is -0.118. The molecule has 14 heavy (non-hydrogen) atoms. The number of benzene rings is 1. The number of allylic oxidation sites excluding steroid dienone is 1. The van der Waals surface area contributed by atoms with Crippen LogP contribution in [0, 0.1) is 6.92 Å². The normalized spacial score (nSPS) is 12.1. The van der Waals surface area contributed by atoms with E-state index in [0.717, 1.165) is 12.0 Å². The molecule has 0 radical (unpaired) electrons. The van der Waals surface area contributed by atoms with Gasteiger partial charge in [-0.05, 0) is 25.8 Å². The van der Waals surface area contributed by atoms with Gasteiger partial charge in [-0.25, -0.2) is 0 Å². The molecule has 0 aliphatic rings. The van der Waals surface area contributed by atoms with Gasteiger partial charge in [-0.3, -0.25) is 4.79 Å². The van der Waals surface area contributed by atoms with E-state index >= 15 is 0 Å². The second kappa shape index (κ2) is 4.75. The molecule has 1 unspecified atom stereocenters. The third-order valence-electron chi connectivity index (χ3n) is 2.37. The molecule has 1 nitrogen and oxygen atoms in total. The van der Waals surface area contributed by atoms with Crippen molar-refractivity contribution in [2.75, 3.05) is 0 Å². The number of carbonyl (C=O) groups is 1. The van der Waals surface area contributed by atoms with Crippen LogP contribution < -0.4 is 0 Å². The van der Waals surface area contributed by atoms with Gasteiger partial charge < -0.3 is 0 Å². The van der Waals surface area contributed by atoms with Gasteiger partial charge in [0.2, 0.25) is 0 Å². The van der Waals surface area contributed by atoms with Crippen molar-refractivity contribution in [2.24, 2.45) is 0 Å².